The van der Waals surface area contributed by atoms with Crippen molar-refractivity contribution in [1.82, 2.24) is 4.90 Å². The molecule has 1 aliphatic rings. The van der Waals surface area contributed by atoms with Crippen LogP contribution in [0.2, 0.25) is 0 Å². The van der Waals surface area contributed by atoms with E-state index >= 15 is 0 Å². The molecule has 4 rings (SSSR count). The third-order valence-corrected chi connectivity index (χ3v) is 5.99. The van der Waals surface area contributed by atoms with Crippen molar-refractivity contribution in [3.8, 4) is 0 Å². The second kappa shape index (κ2) is 8.83. The lowest BCUT2D eigenvalue weighted by Gasteiger charge is -2.15. The van der Waals surface area contributed by atoms with Crippen LogP contribution in [0, 0.1) is 13.8 Å². The molecule has 162 valence electrons. The van der Waals surface area contributed by atoms with Crippen molar-refractivity contribution in [2.45, 2.75) is 40.2 Å². The van der Waals surface area contributed by atoms with E-state index in [4.69, 9.17) is 0 Å². The minimum atomic E-state index is -0.306. The summed E-state index contributed by atoms with van der Waals surface area (Å²) in [7, 11) is 0. The van der Waals surface area contributed by atoms with Crippen molar-refractivity contribution in [3.63, 3.8) is 0 Å². The summed E-state index contributed by atoms with van der Waals surface area (Å²) in [5.74, 6) is -0.158. The van der Waals surface area contributed by atoms with E-state index in [2.05, 4.69) is 19.2 Å². The van der Waals surface area contributed by atoms with Gasteiger partial charge >= 0.3 is 0 Å². The van der Waals surface area contributed by atoms with Gasteiger partial charge in [-0.3, -0.25) is 14.5 Å². The number of rotatable bonds is 6. The highest BCUT2D eigenvalue weighted by molar-refractivity contribution is 6.36. The van der Waals surface area contributed by atoms with Gasteiger partial charge in [-0.05, 0) is 59.7 Å². The Morgan fingerprint density at radius 2 is 1.50 bits per heavy atom. The van der Waals surface area contributed by atoms with Crippen LogP contribution in [0.3, 0.4) is 0 Å². The average Bonchev–Trinajstić information content (AvgIpc) is 3.01. The first-order valence-corrected chi connectivity index (χ1v) is 10.9. The fourth-order valence-electron chi connectivity index (χ4n) is 3.86. The summed E-state index contributed by atoms with van der Waals surface area (Å²) < 4.78 is 0. The van der Waals surface area contributed by atoms with Crippen LogP contribution in [-0.4, -0.2) is 16.7 Å². The highest BCUT2D eigenvalue weighted by atomic mass is 16.2. The monoisotopic (exact) mass is 424 g/mol. The zero-order valence-electron chi connectivity index (χ0n) is 19.0. The molecular formula is C28H28N2O2. The molecule has 0 unspecified atom stereocenters. The lowest BCUT2D eigenvalue weighted by atomic mass is 9.99. The van der Waals surface area contributed by atoms with Crippen molar-refractivity contribution in [3.05, 3.63) is 106 Å². The minimum Gasteiger partial charge on any atom is -0.350 e. The SMILES string of the molecule is Cc1ccc(C2=C(Nc3ccc(C(C)C)cc3)C(=O)N(Cc3ccccc3)C2=O)cc1C. The van der Waals surface area contributed by atoms with Crippen molar-refractivity contribution in [2.24, 2.45) is 0 Å². The second-order valence-electron chi connectivity index (χ2n) is 8.63. The third-order valence-electron chi connectivity index (χ3n) is 5.99. The van der Waals surface area contributed by atoms with Crippen LogP contribution in [-0.2, 0) is 16.1 Å². The van der Waals surface area contributed by atoms with Crippen LogP contribution in [0.4, 0.5) is 5.69 Å². The summed E-state index contributed by atoms with van der Waals surface area (Å²) in [6.07, 6.45) is 0. The van der Waals surface area contributed by atoms with Gasteiger partial charge in [-0.1, -0.05) is 74.5 Å². The summed E-state index contributed by atoms with van der Waals surface area (Å²) in [6.45, 7) is 8.57. The molecule has 0 saturated carbocycles. The van der Waals surface area contributed by atoms with E-state index in [0.29, 0.717) is 17.2 Å². The summed E-state index contributed by atoms with van der Waals surface area (Å²) in [5, 5.41) is 3.25. The maximum absolute atomic E-state index is 13.5. The quantitative estimate of drug-likeness (QED) is 0.507. The van der Waals surface area contributed by atoms with E-state index in [0.717, 1.165) is 27.9 Å². The number of imide groups is 1. The molecule has 3 aromatic rings. The van der Waals surface area contributed by atoms with E-state index in [9.17, 15) is 9.59 Å². The molecule has 1 N–H and O–H groups in total. The number of hydrogen-bond donors (Lipinski definition) is 1. The number of anilines is 1. The molecule has 4 heteroatoms. The number of nitrogens with zero attached hydrogens (tertiary/aromatic N) is 1. The van der Waals surface area contributed by atoms with E-state index in [1.807, 2.05) is 86.6 Å². The maximum atomic E-state index is 13.5. The molecule has 2 amide bonds. The number of benzene rings is 3. The summed E-state index contributed by atoms with van der Waals surface area (Å²) in [4.78, 5) is 28.2. The lowest BCUT2D eigenvalue weighted by molar-refractivity contribution is -0.137. The molecular weight excluding hydrogens is 396 g/mol. The van der Waals surface area contributed by atoms with Gasteiger partial charge in [-0.25, -0.2) is 0 Å². The number of amides is 2. The summed E-state index contributed by atoms with van der Waals surface area (Å²) >= 11 is 0. The van der Waals surface area contributed by atoms with Gasteiger partial charge < -0.3 is 5.32 Å². The Labute approximate surface area is 189 Å². The van der Waals surface area contributed by atoms with Crippen LogP contribution < -0.4 is 5.32 Å². The highest BCUT2D eigenvalue weighted by Crippen LogP contribution is 2.32. The van der Waals surface area contributed by atoms with Crippen LogP contribution in [0.25, 0.3) is 5.57 Å². The Morgan fingerprint density at radius 1 is 0.812 bits per heavy atom. The smallest absolute Gasteiger partial charge is 0.278 e. The van der Waals surface area contributed by atoms with Gasteiger partial charge in [0.2, 0.25) is 0 Å². The van der Waals surface area contributed by atoms with Gasteiger partial charge in [0.25, 0.3) is 11.8 Å². The number of aryl methyl sites for hydroxylation is 2. The molecule has 4 nitrogen and oxygen atoms in total. The Hall–Kier alpha value is -3.66. The van der Waals surface area contributed by atoms with E-state index in [1.165, 1.54) is 10.5 Å². The fourth-order valence-corrected chi connectivity index (χ4v) is 3.86. The zero-order chi connectivity index (χ0) is 22.8. The first-order valence-electron chi connectivity index (χ1n) is 10.9. The van der Waals surface area contributed by atoms with Crippen LogP contribution in [0.15, 0.2) is 78.5 Å². The standard InChI is InChI=1S/C28H28N2O2/c1-18(2)22-12-14-24(15-13-22)29-26-25(23-11-10-19(3)20(4)16-23)27(31)30(28(26)32)17-21-8-6-5-7-9-21/h5-16,18,29H,17H2,1-4H3. The number of carbonyl (C=O) groups excluding carboxylic acids is 2. The predicted molar refractivity (Wildman–Crippen MR) is 129 cm³/mol. The van der Waals surface area contributed by atoms with Crippen LogP contribution in [0.5, 0.6) is 0 Å². The molecule has 32 heavy (non-hydrogen) atoms. The van der Waals surface area contributed by atoms with Gasteiger partial charge in [-0.2, -0.15) is 0 Å². The molecule has 0 atom stereocenters. The van der Waals surface area contributed by atoms with Crippen LogP contribution >= 0.6 is 0 Å². The average molecular weight is 425 g/mol. The normalized spacial score (nSPS) is 14.0. The molecule has 0 aliphatic carbocycles. The van der Waals surface area contributed by atoms with Gasteiger partial charge in [-0.15, -0.1) is 0 Å². The van der Waals surface area contributed by atoms with Gasteiger partial charge in [0, 0.05) is 5.69 Å². The largest absolute Gasteiger partial charge is 0.350 e. The molecule has 0 saturated heterocycles. The van der Waals surface area contributed by atoms with E-state index in [-0.39, 0.29) is 18.4 Å². The zero-order valence-corrected chi connectivity index (χ0v) is 19.0. The Bertz CT molecular complexity index is 1190. The molecule has 1 aliphatic heterocycles. The number of nitrogens with one attached hydrogen (secondary N) is 1. The summed E-state index contributed by atoms with van der Waals surface area (Å²) in [5.41, 5.74) is 6.64. The van der Waals surface area contributed by atoms with Crippen LogP contribution in [0.1, 0.15) is 47.6 Å². The molecule has 0 fully saturated rings. The Morgan fingerprint density at radius 3 is 2.12 bits per heavy atom. The number of hydrogen-bond acceptors (Lipinski definition) is 3. The molecule has 1 heterocycles. The minimum absolute atomic E-state index is 0.240. The van der Waals surface area contributed by atoms with E-state index < -0.39 is 0 Å². The summed E-state index contributed by atoms with van der Waals surface area (Å²) in [6, 6.07) is 23.5. The third kappa shape index (κ3) is 4.22. The van der Waals surface area contributed by atoms with Crippen molar-refractivity contribution in [2.75, 3.05) is 5.32 Å². The van der Waals surface area contributed by atoms with Crippen molar-refractivity contribution in [1.29, 1.82) is 0 Å². The molecule has 0 aromatic heterocycles. The molecule has 0 radical (unpaired) electrons. The lowest BCUT2D eigenvalue weighted by Crippen LogP contribution is -2.32. The first kappa shape index (κ1) is 21.6. The predicted octanol–water partition coefficient (Wildman–Crippen LogP) is 5.82. The Kier molecular flexibility index (Phi) is 5.95. The van der Waals surface area contributed by atoms with Gasteiger partial charge in [0.15, 0.2) is 0 Å². The maximum Gasteiger partial charge on any atom is 0.278 e. The Balaban J connectivity index is 1.74. The molecule has 0 spiro atoms. The second-order valence-corrected chi connectivity index (χ2v) is 8.63. The van der Waals surface area contributed by atoms with Crippen molar-refractivity contribution >= 4 is 23.1 Å². The topological polar surface area (TPSA) is 49.4 Å². The molecule has 3 aromatic carbocycles. The van der Waals surface area contributed by atoms with Crippen molar-refractivity contribution < 1.29 is 9.59 Å². The molecule has 0 bridgehead atoms. The van der Waals surface area contributed by atoms with Gasteiger partial charge in [0.1, 0.15) is 5.70 Å². The highest BCUT2D eigenvalue weighted by Gasteiger charge is 2.39. The number of carbonyl (C=O) groups is 2. The first-order chi connectivity index (χ1) is 15.3. The van der Waals surface area contributed by atoms with Gasteiger partial charge in [0.05, 0.1) is 12.1 Å². The van der Waals surface area contributed by atoms with E-state index in [1.54, 1.807) is 0 Å². The fraction of sp³-hybridized carbons (Fsp3) is 0.214.